The summed E-state index contributed by atoms with van der Waals surface area (Å²) in [4.78, 5) is 10.8. The zero-order valence-corrected chi connectivity index (χ0v) is 11.8. The number of hydrogen-bond donors (Lipinski definition) is 1. The van der Waals surface area contributed by atoms with Crippen molar-refractivity contribution in [1.82, 2.24) is 0 Å². The highest BCUT2D eigenvalue weighted by molar-refractivity contribution is 7.99. The van der Waals surface area contributed by atoms with E-state index in [9.17, 15) is 9.90 Å². The minimum absolute atomic E-state index is 0.146. The van der Waals surface area contributed by atoms with Crippen LogP contribution >= 0.6 is 11.8 Å². The van der Waals surface area contributed by atoms with E-state index >= 15 is 0 Å². The number of thioether (sulfide) groups is 1. The zero-order valence-electron chi connectivity index (χ0n) is 11.0. The molecule has 5 heteroatoms. The summed E-state index contributed by atoms with van der Waals surface area (Å²) >= 11 is 1.64. The molecule has 0 saturated carbocycles. The highest BCUT2D eigenvalue weighted by Crippen LogP contribution is 2.28. The van der Waals surface area contributed by atoms with E-state index in [4.69, 9.17) is 4.74 Å². The number of carbonyl (C=O) groups is 1. The molecule has 1 aromatic rings. The number of ether oxygens (including phenoxy) is 1. The van der Waals surface area contributed by atoms with Gasteiger partial charge >= 0.3 is 0 Å². The lowest BCUT2D eigenvalue weighted by Gasteiger charge is -2.11. The van der Waals surface area contributed by atoms with Crippen molar-refractivity contribution < 1.29 is 20.0 Å². The first-order valence-electron chi connectivity index (χ1n) is 6.61. The predicted octanol–water partition coefficient (Wildman–Crippen LogP) is 0.293. The van der Waals surface area contributed by atoms with Crippen molar-refractivity contribution in [1.29, 1.82) is 0 Å². The smallest absolute Gasteiger partial charge is 0.159 e. The molecular formula is C14H19NO3S. The van der Waals surface area contributed by atoms with Gasteiger partial charge in [0, 0.05) is 5.56 Å². The van der Waals surface area contributed by atoms with Crippen LogP contribution in [0.2, 0.25) is 0 Å². The van der Waals surface area contributed by atoms with Gasteiger partial charge in [-0.05, 0) is 30.7 Å². The minimum atomic E-state index is -0.977. The van der Waals surface area contributed by atoms with Gasteiger partial charge < -0.3 is 20.0 Å². The van der Waals surface area contributed by atoms with Gasteiger partial charge in [-0.25, -0.2) is 0 Å². The Balaban J connectivity index is 1.90. The Morgan fingerprint density at radius 1 is 1.47 bits per heavy atom. The summed E-state index contributed by atoms with van der Waals surface area (Å²) in [6.07, 6.45) is 2.18. The second kappa shape index (κ2) is 6.82. The van der Waals surface area contributed by atoms with Crippen LogP contribution in [0.15, 0.2) is 24.3 Å². The van der Waals surface area contributed by atoms with E-state index in [1.807, 2.05) is 29.6 Å². The molecule has 0 amide bonds. The Morgan fingerprint density at radius 2 is 2.21 bits per heavy atom. The van der Waals surface area contributed by atoms with Gasteiger partial charge in [0.1, 0.15) is 17.8 Å². The summed E-state index contributed by atoms with van der Waals surface area (Å²) in [5.41, 5.74) is 1.12. The largest absolute Gasteiger partial charge is 0.544 e. The number of carbonyl (C=O) groups excluding carboxylic acids is 1. The number of aliphatic carboxylic acids is 1. The Morgan fingerprint density at radius 3 is 2.79 bits per heavy atom. The van der Waals surface area contributed by atoms with Crippen LogP contribution in [0, 0.1) is 0 Å². The summed E-state index contributed by atoms with van der Waals surface area (Å²) < 4.78 is 5.60. The summed E-state index contributed by atoms with van der Waals surface area (Å²) in [5.74, 6) is 0.494. The predicted molar refractivity (Wildman–Crippen MR) is 72.8 cm³/mol. The standard InChI is InChI=1S/C14H19NO3S/c1-2-3-8-18-11-6-4-10(5-7-11)13-15-12(9-19-13)14(16)17/h4-7,12-13,15H,2-3,8-9H2,1H3,(H,16,17)/t12-,13+/m0/s1. The number of benzene rings is 1. The van der Waals surface area contributed by atoms with Crippen LogP contribution in [0.5, 0.6) is 5.75 Å². The van der Waals surface area contributed by atoms with Crippen LogP contribution in [0.3, 0.4) is 0 Å². The fourth-order valence-electron chi connectivity index (χ4n) is 1.97. The van der Waals surface area contributed by atoms with Crippen molar-refractivity contribution >= 4 is 17.7 Å². The van der Waals surface area contributed by atoms with E-state index in [1.54, 1.807) is 11.8 Å². The first-order valence-corrected chi connectivity index (χ1v) is 7.65. The molecule has 0 aliphatic carbocycles. The van der Waals surface area contributed by atoms with Gasteiger partial charge in [0.15, 0.2) is 5.37 Å². The lowest BCUT2D eigenvalue weighted by atomic mass is 10.2. The Hall–Kier alpha value is -1.20. The fourth-order valence-corrected chi connectivity index (χ4v) is 3.28. The normalized spacial score (nSPS) is 22.4. The third-order valence-electron chi connectivity index (χ3n) is 3.14. The average Bonchev–Trinajstić information content (AvgIpc) is 2.90. The number of unbranched alkanes of at least 4 members (excludes halogenated alkanes) is 1. The number of nitrogens with two attached hydrogens (primary N) is 1. The molecule has 1 aliphatic rings. The number of carboxylic acids is 1. The molecule has 0 radical (unpaired) electrons. The second-order valence-corrected chi connectivity index (χ2v) is 5.82. The lowest BCUT2D eigenvalue weighted by molar-refractivity contribution is -0.690. The van der Waals surface area contributed by atoms with Crippen molar-refractivity contribution in [3.63, 3.8) is 0 Å². The molecule has 0 unspecified atom stereocenters. The molecule has 1 saturated heterocycles. The third-order valence-corrected chi connectivity index (χ3v) is 4.48. The maximum Gasteiger partial charge on any atom is 0.159 e. The zero-order chi connectivity index (χ0) is 13.7. The summed E-state index contributed by atoms with van der Waals surface area (Å²) in [5, 5.41) is 12.8. The minimum Gasteiger partial charge on any atom is -0.544 e. The van der Waals surface area contributed by atoms with E-state index in [0.29, 0.717) is 5.75 Å². The average molecular weight is 281 g/mol. The monoisotopic (exact) mass is 281 g/mol. The molecule has 104 valence electrons. The molecule has 1 aromatic carbocycles. The molecule has 1 heterocycles. The van der Waals surface area contributed by atoms with Crippen LogP contribution in [0.1, 0.15) is 30.7 Å². The van der Waals surface area contributed by atoms with Gasteiger partial charge in [0.25, 0.3) is 0 Å². The van der Waals surface area contributed by atoms with Crippen molar-refractivity contribution in [2.75, 3.05) is 12.4 Å². The Labute approximate surface area is 117 Å². The highest BCUT2D eigenvalue weighted by atomic mass is 32.2. The van der Waals surface area contributed by atoms with Crippen molar-refractivity contribution in [2.45, 2.75) is 31.2 Å². The molecule has 1 aliphatic heterocycles. The van der Waals surface area contributed by atoms with E-state index in [1.165, 1.54) is 0 Å². The molecule has 4 nitrogen and oxygen atoms in total. The van der Waals surface area contributed by atoms with Gasteiger partial charge in [0.05, 0.1) is 12.4 Å². The van der Waals surface area contributed by atoms with Crippen LogP contribution in [-0.2, 0) is 4.79 Å². The quantitative estimate of drug-likeness (QED) is 0.761. The molecule has 2 rings (SSSR count). The fraction of sp³-hybridized carbons (Fsp3) is 0.500. The molecule has 19 heavy (non-hydrogen) atoms. The lowest BCUT2D eigenvalue weighted by Crippen LogP contribution is -2.90. The molecule has 0 bridgehead atoms. The summed E-state index contributed by atoms with van der Waals surface area (Å²) in [6, 6.07) is 7.48. The molecular weight excluding hydrogens is 262 g/mol. The number of hydrogen-bond acceptors (Lipinski definition) is 4. The first-order chi connectivity index (χ1) is 9.20. The Kier molecular flexibility index (Phi) is 5.10. The van der Waals surface area contributed by atoms with E-state index in [0.717, 1.165) is 30.8 Å². The second-order valence-electron chi connectivity index (χ2n) is 4.64. The first kappa shape index (κ1) is 14.2. The molecule has 1 fully saturated rings. The van der Waals surface area contributed by atoms with Crippen molar-refractivity contribution in [3.05, 3.63) is 29.8 Å². The molecule has 2 N–H and O–H groups in total. The van der Waals surface area contributed by atoms with E-state index in [2.05, 4.69) is 6.92 Å². The van der Waals surface area contributed by atoms with Crippen molar-refractivity contribution in [3.8, 4) is 5.75 Å². The summed E-state index contributed by atoms with van der Waals surface area (Å²) in [6.45, 7) is 2.88. The van der Waals surface area contributed by atoms with Crippen LogP contribution in [-0.4, -0.2) is 24.4 Å². The molecule has 0 aromatic heterocycles. The maximum absolute atomic E-state index is 10.8. The van der Waals surface area contributed by atoms with Gasteiger partial charge in [0.2, 0.25) is 0 Å². The number of carboxylic acid groups (broad SMARTS) is 1. The molecule has 0 spiro atoms. The van der Waals surface area contributed by atoms with Crippen LogP contribution in [0.4, 0.5) is 0 Å². The highest BCUT2D eigenvalue weighted by Gasteiger charge is 2.30. The van der Waals surface area contributed by atoms with Gasteiger partial charge in [-0.2, -0.15) is 0 Å². The van der Waals surface area contributed by atoms with Crippen LogP contribution in [0.25, 0.3) is 0 Å². The van der Waals surface area contributed by atoms with E-state index < -0.39 is 12.0 Å². The summed E-state index contributed by atoms with van der Waals surface area (Å²) in [7, 11) is 0. The topological polar surface area (TPSA) is 66.0 Å². The number of rotatable bonds is 6. The molecule has 2 atom stereocenters. The van der Waals surface area contributed by atoms with E-state index in [-0.39, 0.29) is 5.37 Å². The van der Waals surface area contributed by atoms with Gasteiger partial charge in [-0.15, -0.1) is 0 Å². The Bertz CT molecular complexity index is 421. The van der Waals surface area contributed by atoms with Crippen LogP contribution < -0.4 is 15.2 Å². The SMILES string of the molecule is CCCCOc1ccc([C@@H]2[NH2+][C@H](C(=O)[O-])CS2)cc1. The van der Waals surface area contributed by atoms with Gasteiger partial charge in [-0.3, -0.25) is 0 Å². The van der Waals surface area contributed by atoms with Crippen molar-refractivity contribution in [2.24, 2.45) is 0 Å². The van der Waals surface area contributed by atoms with Gasteiger partial charge in [-0.1, -0.05) is 25.1 Å². The third kappa shape index (κ3) is 3.88. The number of quaternary nitrogens is 1. The maximum atomic E-state index is 10.8.